The normalized spacial score (nSPS) is 10.8. The smallest absolute Gasteiger partial charge is 0.285 e. The molecule has 23 heavy (non-hydrogen) atoms. The Kier molecular flexibility index (Phi) is 5.02. The van der Waals surface area contributed by atoms with Crippen LogP contribution < -0.4 is 16.8 Å². The third kappa shape index (κ3) is 4.30. The Balaban J connectivity index is 2.20. The Morgan fingerprint density at radius 1 is 1.04 bits per heavy atom. The van der Waals surface area contributed by atoms with Crippen LogP contribution in [0.2, 0.25) is 0 Å². The molecule has 0 spiro atoms. The summed E-state index contributed by atoms with van der Waals surface area (Å²) in [6.45, 7) is 0. The van der Waals surface area contributed by atoms with Gasteiger partial charge in [0.15, 0.2) is 0 Å². The van der Waals surface area contributed by atoms with E-state index in [0.29, 0.717) is 15.7 Å². The maximum atomic E-state index is 12.1. The van der Waals surface area contributed by atoms with E-state index in [0.717, 1.165) is 0 Å². The number of carbonyl (C=O) groups is 1. The van der Waals surface area contributed by atoms with Gasteiger partial charge < -0.3 is 16.8 Å². The van der Waals surface area contributed by atoms with E-state index in [9.17, 15) is 13.2 Å². The lowest BCUT2D eigenvalue weighted by atomic mass is 10.2. The highest BCUT2D eigenvalue weighted by Gasteiger charge is 2.14. The van der Waals surface area contributed by atoms with E-state index >= 15 is 0 Å². The minimum absolute atomic E-state index is 0.0789. The molecule has 0 unspecified atom stereocenters. The summed E-state index contributed by atoms with van der Waals surface area (Å²) in [4.78, 5) is 12.1. The van der Waals surface area contributed by atoms with Crippen LogP contribution in [0, 0.1) is 0 Å². The molecule has 1 amide bonds. The third-order valence-electron chi connectivity index (χ3n) is 2.75. The molecular formula is C14H13BrN4O3S. The number of amides is 1. The van der Waals surface area contributed by atoms with Crippen LogP contribution in [-0.2, 0) is 10.0 Å². The van der Waals surface area contributed by atoms with E-state index in [1.807, 2.05) is 0 Å². The summed E-state index contributed by atoms with van der Waals surface area (Å²) in [7, 11) is -3.95. The molecule has 7 nitrogen and oxygen atoms in total. The van der Waals surface area contributed by atoms with Crippen LogP contribution in [-0.4, -0.2) is 20.3 Å². The van der Waals surface area contributed by atoms with Crippen molar-refractivity contribution in [1.29, 1.82) is 0 Å². The van der Waals surface area contributed by atoms with Gasteiger partial charge in [-0.2, -0.15) is 8.42 Å². The number of nitrogens with two attached hydrogens (primary N) is 2. The summed E-state index contributed by atoms with van der Waals surface area (Å²) < 4.78 is 27.4. The molecule has 120 valence electrons. The number of hydrogen-bond acceptors (Lipinski definition) is 3. The number of carbonyl (C=O) groups excluding carboxylic acids is 1. The summed E-state index contributed by atoms with van der Waals surface area (Å²) in [6.07, 6.45) is 0. The summed E-state index contributed by atoms with van der Waals surface area (Å²) >= 11 is 3.29. The van der Waals surface area contributed by atoms with Crippen LogP contribution in [0.4, 0.5) is 5.69 Å². The van der Waals surface area contributed by atoms with Gasteiger partial charge in [-0.25, -0.2) is 0 Å². The van der Waals surface area contributed by atoms with Crippen molar-refractivity contribution in [2.24, 2.45) is 15.9 Å². The Labute approximate surface area is 141 Å². The zero-order valence-electron chi connectivity index (χ0n) is 11.7. The fourth-order valence-electron chi connectivity index (χ4n) is 1.75. The molecule has 0 atom stereocenters. The lowest BCUT2D eigenvalue weighted by molar-refractivity contribution is 0.102. The number of nitrogens with one attached hydrogen (secondary N) is 1. The van der Waals surface area contributed by atoms with Crippen LogP contribution in [0.1, 0.15) is 10.4 Å². The highest BCUT2D eigenvalue weighted by molar-refractivity contribution is 9.10. The number of guanidine groups is 1. The van der Waals surface area contributed by atoms with Crippen molar-refractivity contribution in [3.8, 4) is 0 Å². The molecule has 0 aliphatic heterocycles. The number of hydrogen-bond donors (Lipinski definition) is 3. The minimum atomic E-state index is -3.95. The molecule has 2 aromatic rings. The van der Waals surface area contributed by atoms with Crippen LogP contribution in [0.5, 0.6) is 0 Å². The van der Waals surface area contributed by atoms with Crippen molar-refractivity contribution in [3.05, 3.63) is 58.6 Å². The Bertz CT molecular complexity index is 860. The van der Waals surface area contributed by atoms with Crippen LogP contribution >= 0.6 is 15.9 Å². The zero-order valence-corrected chi connectivity index (χ0v) is 14.1. The SMILES string of the molecule is NC(N)=NS(=O)(=O)c1ccc(NC(=O)c2ccccc2Br)cc1. The van der Waals surface area contributed by atoms with Crippen molar-refractivity contribution < 1.29 is 13.2 Å². The van der Waals surface area contributed by atoms with Crippen molar-refractivity contribution in [3.63, 3.8) is 0 Å². The van der Waals surface area contributed by atoms with E-state index in [4.69, 9.17) is 11.5 Å². The molecule has 0 bridgehead atoms. The Hall–Kier alpha value is -2.39. The predicted octanol–water partition coefficient (Wildman–Crippen LogP) is 1.66. The molecule has 0 radical (unpaired) electrons. The molecule has 0 aromatic heterocycles. The Morgan fingerprint density at radius 2 is 1.65 bits per heavy atom. The van der Waals surface area contributed by atoms with Gasteiger partial charge in [-0.15, -0.1) is 4.40 Å². The Morgan fingerprint density at radius 3 is 2.22 bits per heavy atom. The van der Waals surface area contributed by atoms with E-state index in [-0.39, 0.29) is 10.8 Å². The second-order valence-corrected chi connectivity index (χ2v) is 6.91. The number of benzene rings is 2. The lowest BCUT2D eigenvalue weighted by Gasteiger charge is -2.07. The monoisotopic (exact) mass is 396 g/mol. The number of sulfonamides is 1. The van der Waals surface area contributed by atoms with Gasteiger partial charge in [0.1, 0.15) is 0 Å². The van der Waals surface area contributed by atoms with Crippen molar-refractivity contribution >= 4 is 43.5 Å². The largest absolute Gasteiger partial charge is 0.369 e. The molecule has 0 heterocycles. The number of rotatable bonds is 4. The highest BCUT2D eigenvalue weighted by atomic mass is 79.9. The number of nitrogens with zero attached hydrogens (tertiary/aromatic N) is 1. The first-order valence-electron chi connectivity index (χ1n) is 6.31. The first kappa shape index (κ1) is 17.0. The number of halogens is 1. The summed E-state index contributed by atoms with van der Waals surface area (Å²) in [6, 6.07) is 12.5. The molecule has 2 rings (SSSR count). The fraction of sp³-hybridized carbons (Fsp3) is 0. The van der Waals surface area contributed by atoms with Gasteiger partial charge in [-0.3, -0.25) is 4.79 Å². The van der Waals surface area contributed by atoms with Crippen LogP contribution in [0.25, 0.3) is 0 Å². The summed E-state index contributed by atoms with van der Waals surface area (Å²) in [5.41, 5.74) is 11.1. The van der Waals surface area contributed by atoms with Crippen molar-refractivity contribution in [1.82, 2.24) is 0 Å². The van der Waals surface area contributed by atoms with E-state index in [1.165, 1.54) is 24.3 Å². The van der Waals surface area contributed by atoms with Gasteiger partial charge >= 0.3 is 0 Å². The fourth-order valence-corrected chi connectivity index (χ4v) is 3.07. The first-order chi connectivity index (χ1) is 10.8. The average molecular weight is 397 g/mol. The summed E-state index contributed by atoms with van der Waals surface area (Å²) in [5.74, 6) is -0.867. The molecule has 5 N–H and O–H groups in total. The van der Waals surface area contributed by atoms with E-state index < -0.39 is 16.0 Å². The van der Waals surface area contributed by atoms with Gasteiger partial charge in [0.2, 0.25) is 5.96 Å². The van der Waals surface area contributed by atoms with Gasteiger partial charge in [-0.1, -0.05) is 12.1 Å². The first-order valence-corrected chi connectivity index (χ1v) is 8.55. The number of anilines is 1. The maximum absolute atomic E-state index is 12.1. The van der Waals surface area contributed by atoms with Crippen molar-refractivity contribution in [2.45, 2.75) is 4.90 Å². The van der Waals surface area contributed by atoms with Crippen LogP contribution in [0.15, 0.2) is 62.3 Å². The molecule has 0 aliphatic rings. The average Bonchev–Trinajstić information content (AvgIpc) is 2.47. The maximum Gasteiger partial charge on any atom is 0.285 e. The molecule has 0 saturated heterocycles. The lowest BCUT2D eigenvalue weighted by Crippen LogP contribution is -2.24. The molecule has 9 heteroatoms. The molecular weight excluding hydrogens is 384 g/mol. The third-order valence-corrected chi connectivity index (χ3v) is 4.76. The second-order valence-electron chi connectivity index (χ2n) is 4.45. The zero-order chi connectivity index (χ0) is 17.0. The van der Waals surface area contributed by atoms with E-state index in [2.05, 4.69) is 25.6 Å². The van der Waals surface area contributed by atoms with Crippen molar-refractivity contribution in [2.75, 3.05) is 5.32 Å². The van der Waals surface area contributed by atoms with Gasteiger partial charge in [-0.05, 0) is 52.3 Å². The van der Waals surface area contributed by atoms with E-state index in [1.54, 1.807) is 24.3 Å². The molecule has 0 fully saturated rings. The quantitative estimate of drug-likeness (QED) is 0.534. The van der Waals surface area contributed by atoms with Gasteiger partial charge in [0.05, 0.1) is 10.5 Å². The summed E-state index contributed by atoms with van der Waals surface area (Å²) in [5, 5.41) is 2.67. The van der Waals surface area contributed by atoms with Crippen LogP contribution in [0.3, 0.4) is 0 Å². The van der Waals surface area contributed by atoms with Gasteiger partial charge in [0.25, 0.3) is 15.9 Å². The second kappa shape index (κ2) is 6.80. The molecule has 0 aliphatic carbocycles. The molecule has 0 saturated carbocycles. The molecule has 2 aromatic carbocycles. The minimum Gasteiger partial charge on any atom is -0.369 e. The standard InChI is InChI=1S/C14H13BrN4O3S/c15-12-4-2-1-3-11(12)13(20)18-9-5-7-10(8-6-9)23(21,22)19-14(16)17/h1-8H,(H,18,20)(H4,16,17,19). The predicted molar refractivity (Wildman–Crippen MR) is 91.5 cm³/mol. The van der Waals surface area contributed by atoms with Gasteiger partial charge in [0, 0.05) is 10.2 Å². The topological polar surface area (TPSA) is 128 Å². The highest BCUT2D eigenvalue weighted by Crippen LogP contribution is 2.19.